The molecule has 1 aromatic heterocycles. The van der Waals surface area contributed by atoms with Gasteiger partial charge in [0.1, 0.15) is 0 Å². The van der Waals surface area contributed by atoms with Crippen LogP contribution < -0.4 is 0 Å². The Kier molecular flexibility index (Phi) is 5.51. The molecule has 0 spiro atoms. The van der Waals surface area contributed by atoms with Gasteiger partial charge in [-0.15, -0.1) is 11.3 Å². The van der Waals surface area contributed by atoms with Crippen LogP contribution in [0.3, 0.4) is 0 Å². The van der Waals surface area contributed by atoms with Gasteiger partial charge < -0.3 is 9.64 Å². The molecule has 110 valence electrons. The summed E-state index contributed by atoms with van der Waals surface area (Å²) in [6.07, 6.45) is 0. The summed E-state index contributed by atoms with van der Waals surface area (Å²) in [5, 5.41) is 1.86. The third-order valence-electron chi connectivity index (χ3n) is 2.79. The molecule has 5 heteroatoms. The van der Waals surface area contributed by atoms with Crippen molar-refractivity contribution in [1.82, 2.24) is 4.90 Å². The third kappa shape index (κ3) is 4.43. The predicted octanol–water partition coefficient (Wildman–Crippen LogP) is 3.41. The molecule has 21 heavy (non-hydrogen) atoms. The Morgan fingerprint density at radius 2 is 2.00 bits per heavy atom. The summed E-state index contributed by atoms with van der Waals surface area (Å²) in [5.41, 5.74) is 1.14. The van der Waals surface area contributed by atoms with Gasteiger partial charge in [-0.05, 0) is 23.9 Å². The predicted molar refractivity (Wildman–Crippen MR) is 85.6 cm³/mol. The van der Waals surface area contributed by atoms with Crippen molar-refractivity contribution in [1.29, 1.82) is 0 Å². The number of rotatable bonds is 4. The molecule has 0 N–H and O–H groups in total. The Morgan fingerprint density at radius 1 is 1.24 bits per heavy atom. The molecule has 0 unspecified atom stereocenters. The first-order valence-corrected chi connectivity index (χ1v) is 7.63. The molecular formula is C16H18N2O2S. The van der Waals surface area contributed by atoms with Crippen molar-refractivity contribution in [3.8, 4) is 0 Å². The van der Waals surface area contributed by atoms with Gasteiger partial charge in [-0.3, -0.25) is 4.79 Å². The molecule has 2 rings (SSSR count). The molecule has 1 aromatic carbocycles. The second kappa shape index (κ2) is 7.59. The monoisotopic (exact) mass is 302 g/mol. The molecule has 0 atom stereocenters. The van der Waals surface area contributed by atoms with E-state index in [1.54, 1.807) is 6.07 Å². The summed E-state index contributed by atoms with van der Waals surface area (Å²) in [6, 6.07) is 13.9. The summed E-state index contributed by atoms with van der Waals surface area (Å²) >= 11 is 1.38. The van der Waals surface area contributed by atoms with Crippen LogP contribution in [0.2, 0.25) is 0 Å². The number of carbonyl (C=O) groups is 1. The molecule has 4 nitrogen and oxygen atoms in total. The average molecular weight is 302 g/mol. The number of hydrogen-bond donors (Lipinski definition) is 0. The fraction of sp³-hybridized carbons (Fsp3) is 0.250. The zero-order chi connectivity index (χ0) is 15.1. The maximum atomic E-state index is 12.1. The molecule has 0 bridgehead atoms. The average Bonchev–Trinajstić information content (AvgIpc) is 3.02. The quantitative estimate of drug-likeness (QED) is 0.642. The minimum atomic E-state index is -0.270. The number of aliphatic imine (C=N–C) groups is 1. The lowest BCUT2D eigenvalue weighted by molar-refractivity contribution is 0.0998. The Morgan fingerprint density at radius 3 is 2.62 bits per heavy atom. The summed E-state index contributed by atoms with van der Waals surface area (Å²) in [6.45, 7) is 2.98. The molecule has 0 aliphatic heterocycles. The van der Waals surface area contributed by atoms with Gasteiger partial charge in [-0.2, -0.15) is 4.99 Å². The van der Waals surface area contributed by atoms with Crippen molar-refractivity contribution in [3.05, 3.63) is 58.3 Å². The normalized spacial score (nSPS) is 11.2. The highest BCUT2D eigenvalue weighted by Crippen LogP contribution is 2.11. The van der Waals surface area contributed by atoms with Crippen LogP contribution in [-0.2, 0) is 11.3 Å². The molecule has 2 aromatic rings. The summed E-state index contributed by atoms with van der Waals surface area (Å²) in [5.74, 6) is -0.270. The zero-order valence-electron chi connectivity index (χ0n) is 12.2. The number of amides is 1. The van der Waals surface area contributed by atoms with Gasteiger partial charge >= 0.3 is 0 Å². The number of amidine groups is 1. The molecule has 0 aliphatic carbocycles. The summed E-state index contributed by atoms with van der Waals surface area (Å²) in [7, 11) is 1.86. The summed E-state index contributed by atoms with van der Waals surface area (Å²) in [4.78, 5) is 18.6. The molecule has 1 amide bonds. The van der Waals surface area contributed by atoms with Gasteiger partial charge in [-0.1, -0.05) is 36.4 Å². The first-order valence-electron chi connectivity index (χ1n) is 6.75. The third-order valence-corrected chi connectivity index (χ3v) is 3.65. The largest absolute Gasteiger partial charge is 0.465 e. The van der Waals surface area contributed by atoms with Crippen LogP contribution in [-0.4, -0.2) is 30.5 Å². The van der Waals surface area contributed by atoms with E-state index in [1.165, 1.54) is 11.3 Å². The van der Waals surface area contributed by atoms with Crippen molar-refractivity contribution in [2.24, 2.45) is 4.99 Å². The van der Waals surface area contributed by atoms with Crippen LogP contribution in [0, 0.1) is 0 Å². The second-order valence-corrected chi connectivity index (χ2v) is 5.40. The van der Waals surface area contributed by atoms with E-state index in [-0.39, 0.29) is 5.91 Å². The van der Waals surface area contributed by atoms with E-state index in [9.17, 15) is 4.79 Å². The number of ether oxygens (including phenoxy) is 1. The molecular weight excluding hydrogens is 284 g/mol. The van der Waals surface area contributed by atoms with Crippen LogP contribution in [0.1, 0.15) is 22.2 Å². The number of hydrogen-bond acceptors (Lipinski definition) is 3. The molecule has 0 aliphatic rings. The lowest BCUT2D eigenvalue weighted by atomic mass is 10.2. The highest BCUT2D eigenvalue weighted by molar-refractivity contribution is 7.12. The number of carbonyl (C=O) groups excluding carboxylic acids is 1. The smallest absolute Gasteiger partial charge is 0.295 e. The van der Waals surface area contributed by atoms with E-state index in [2.05, 4.69) is 4.99 Å². The van der Waals surface area contributed by atoms with E-state index >= 15 is 0 Å². The van der Waals surface area contributed by atoms with E-state index in [0.717, 1.165) is 5.56 Å². The first kappa shape index (κ1) is 15.3. The van der Waals surface area contributed by atoms with E-state index < -0.39 is 0 Å². The lowest BCUT2D eigenvalue weighted by Gasteiger charge is -2.20. The van der Waals surface area contributed by atoms with Gasteiger partial charge in [0.2, 0.25) is 0 Å². The number of nitrogens with zero attached hydrogens (tertiary/aromatic N) is 2. The second-order valence-electron chi connectivity index (χ2n) is 4.45. The minimum absolute atomic E-state index is 0.270. The topological polar surface area (TPSA) is 41.9 Å². The molecule has 0 radical (unpaired) electrons. The van der Waals surface area contributed by atoms with E-state index in [4.69, 9.17) is 4.74 Å². The lowest BCUT2D eigenvalue weighted by Crippen LogP contribution is -2.29. The highest BCUT2D eigenvalue weighted by Gasteiger charge is 2.13. The molecule has 1 heterocycles. The first-order chi connectivity index (χ1) is 10.2. The van der Waals surface area contributed by atoms with E-state index in [1.807, 2.05) is 60.6 Å². The van der Waals surface area contributed by atoms with Crippen molar-refractivity contribution >= 4 is 23.3 Å². The van der Waals surface area contributed by atoms with Crippen LogP contribution in [0.25, 0.3) is 0 Å². The van der Waals surface area contributed by atoms with Crippen LogP contribution in [0.15, 0.2) is 52.8 Å². The Hall–Kier alpha value is -2.14. The van der Waals surface area contributed by atoms with Gasteiger partial charge in [0.05, 0.1) is 11.5 Å². The molecule has 0 fully saturated rings. The van der Waals surface area contributed by atoms with Crippen LogP contribution in [0.5, 0.6) is 0 Å². The standard InChI is InChI=1S/C16H18N2O2S/c1-3-20-16(17-15(19)14-10-7-11-21-14)18(2)12-13-8-5-4-6-9-13/h4-11H,3,12H2,1-2H3. The molecule has 0 saturated carbocycles. The zero-order valence-corrected chi connectivity index (χ0v) is 13.0. The Bertz CT molecular complexity index is 594. The Balaban J connectivity index is 2.12. The fourth-order valence-corrected chi connectivity index (χ4v) is 2.43. The number of benzene rings is 1. The van der Waals surface area contributed by atoms with Gasteiger partial charge in [0.15, 0.2) is 0 Å². The highest BCUT2D eigenvalue weighted by atomic mass is 32.1. The van der Waals surface area contributed by atoms with Crippen molar-refractivity contribution in [2.75, 3.05) is 13.7 Å². The maximum Gasteiger partial charge on any atom is 0.295 e. The fourth-order valence-electron chi connectivity index (χ4n) is 1.82. The SMILES string of the molecule is CCOC(=NC(=O)c1cccs1)N(C)Cc1ccccc1. The van der Waals surface area contributed by atoms with E-state index in [0.29, 0.717) is 24.1 Å². The van der Waals surface area contributed by atoms with Crippen molar-refractivity contribution < 1.29 is 9.53 Å². The van der Waals surface area contributed by atoms with Gasteiger partial charge in [0.25, 0.3) is 11.9 Å². The van der Waals surface area contributed by atoms with Gasteiger partial charge in [-0.25, -0.2) is 0 Å². The maximum absolute atomic E-state index is 12.1. The summed E-state index contributed by atoms with van der Waals surface area (Å²) < 4.78 is 5.50. The van der Waals surface area contributed by atoms with Crippen molar-refractivity contribution in [2.45, 2.75) is 13.5 Å². The van der Waals surface area contributed by atoms with Crippen molar-refractivity contribution in [3.63, 3.8) is 0 Å². The van der Waals surface area contributed by atoms with Gasteiger partial charge in [0, 0.05) is 13.6 Å². The van der Waals surface area contributed by atoms with Crippen LogP contribution in [0.4, 0.5) is 0 Å². The Labute approximate surface area is 128 Å². The minimum Gasteiger partial charge on any atom is -0.465 e. The van der Waals surface area contributed by atoms with Crippen LogP contribution >= 0.6 is 11.3 Å². The number of thiophene rings is 1. The molecule has 0 saturated heterocycles.